The van der Waals surface area contributed by atoms with E-state index in [0.717, 1.165) is 0 Å². The van der Waals surface area contributed by atoms with Crippen LogP contribution in [-0.4, -0.2) is 6.71 Å². The Kier molecular flexibility index (Phi) is 9.82. The van der Waals surface area contributed by atoms with E-state index in [2.05, 4.69) is 191 Å². The molecule has 6 aliphatic rings. The predicted octanol–water partition coefficient (Wildman–Crippen LogP) is 17.5. The van der Waals surface area contributed by atoms with Crippen molar-refractivity contribution in [1.29, 1.82) is 0 Å². The maximum absolute atomic E-state index is 2.79. The minimum atomic E-state index is 0.0633. The van der Waals surface area contributed by atoms with Crippen LogP contribution in [0.3, 0.4) is 0 Å². The zero-order valence-electron chi connectivity index (χ0n) is 45.4. The van der Waals surface area contributed by atoms with Gasteiger partial charge in [0.25, 0.3) is 6.71 Å². The summed E-state index contributed by atoms with van der Waals surface area (Å²) in [5.41, 5.74) is 25.2. The van der Waals surface area contributed by atoms with Gasteiger partial charge in [-0.05, 0) is 212 Å². The van der Waals surface area contributed by atoms with Crippen LogP contribution in [0.15, 0.2) is 91.0 Å². The van der Waals surface area contributed by atoms with Crippen LogP contribution in [0.1, 0.15) is 204 Å². The summed E-state index contributed by atoms with van der Waals surface area (Å²) in [4.78, 5) is 5.59. The lowest BCUT2D eigenvalue weighted by molar-refractivity contribution is 0.332. The van der Waals surface area contributed by atoms with Gasteiger partial charge in [0.1, 0.15) is 0 Å². The van der Waals surface area contributed by atoms with Crippen LogP contribution < -0.4 is 26.2 Å². The van der Waals surface area contributed by atoms with E-state index in [1.165, 1.54) is 169 Å². The van der Waals surface area contributed by atoms with E-state index < -0.39 is 0 Å². The molecule has 0 spiro atoms. The Morgan fingerprint density at radius 3 is 1.65 bits per heavy atom. The number of aryl methyl sites for hydroxylation is 1. The van der Waals surface area contributed by atoms with Crippen LogP contribution in [0, 0.1) is 6.92 Å². The van der Waals surface area contributed by atoms with Crippen molar-refractivity contribution in [2.75, 3.05) is 9.80 Å². The number of rotatable bonds is 3. The second kappa shape index (κ2) is 15.1. The Hall–Kier alpha value is -4.80. The molecule has 6 aromatic carbocycles. The van der Waals surface area contributed by atoms with Crippen molar-refractivity contribution in [3.05, 3.63) is 136 Å². The number of hydrogen-bond acceptors (Lipinski definition) is 3. The third-order valence-electron chi connectivity index (χ3n) is 20.2. The highest BCUT2D eigenvalue weighted by molar-refractivity contribution is 7.26. The highest BCUT2D eigenvalue weighted by Gasteiger charge is 2.49. The summed E-state index contributed by atoms with van der Waals surface area (Å²) in [5.74, 6) is 0.536. The van der Waals surface area contributed by atoms with Crippen LogP contribution in [0.5, 0.6) is 0 Å². The summed E-state index contributed by atoms with van der Waals surface area (Å²) in [6.45, 7) is 32.4. The van der Waals surface area contributed by atoms with E-state index in [1.807, 2.05) is 11.3 Å². The molecular formula is C67H77BN2S. The topological polar surface area (TPSA) is 6.48 Å². The molecule has 4 aliphatic carbocycles. The molecule has 1 aromatic heterocycles. The van der Waals surface area contributed by atoms with Crippen molar-refractivity contribution >= 4 is 88.7 Å². The fourth-order valence-corrected chi connectivity index (χ4v) is 16.3. The Bertz CT molecular complexity index is 3400. The second-order valence-corrected chi connectivity index (χ2v) is 28.6. The van der Waals surface area contributed by atoms with Crippen molar-refractivity contribution in [3.63, 3.8) is 0 Å². The molecular weight excluding hydrogens is 876 g/mol. The standard InChI is InChI=1S/C67H77BN2S/c1-40-19-17-18-22-53(40)70-56-34-42(41-20-15-14-16-21-41)33-55-60(56)68(51-25-26-57-59(61(51)70)44-36-47-50(39-58(44)71-57)67(12,13)32-29-64(47,6)7)52-37-48-49(66(10,11)31-30-65(48,8)9)38-54(52)69(55)43-23-24-45-46(35-43)63(4,5)28-27-62(45,2)3/h17-19,22-26,33-39,41H,14-16,20-21,27-32H2,1-13H3. The first kappa shape index (κ1) is 46.0. The number of hydrogen-bond donors (Lipinski definition) is 0. The molecule has 7 aromatic rings. The maximum Gasteiger partial charge on any atom is 0.252 e. The molecule has 0 amide bonds. The molecule has 71 heavy (non-hydrogen) atoms. The summed E-state index contributed by atoms with van der Waals surface area (Å²) in [7, 11) is 0. The van der Waals surface area contributed by atoms with Gasteiger partial charge < -0.3 is 9.80 Å². The fraction of sp³-hybridized carbons (Fsp3) is 0.463. The van der Waals surface area contributed by atoms with E-state index in [0.29, 0.717) is 5.92 Å². The number of para-hydroxylation sites is 1. The van der Waals surface area contributed by atoms with Crippen LogP contribution in [0.4, 0.5) is 34.1 Å². The van der Waals surface area contributed by atoms with Gasteiger partial charge in [-0.1, -0.05) is 139 Å². The highest BCUT2D eigenvalue weighted by Crippen LogP contribution is 2.56. The minimum Gasteiger partial charge on any atom is -0.311 e. The summed E-state index contributed by atoms with van der Waals surface area (Å²) in [5, 5.41) is 2.87. The van der Waals surface area contributed by atoms with Crippen molar-refractivity contribution in [2.24, 2.45) is 0 Å². The van der Waals surface area contributed by atoms with Crippen molar-refractivity contribution in [1.82, 2.24) is 0 Å². The van der Waals surface area contributed by atoms with E-state index in [4.69, 9.17) is 0 Å². The van der Waals surface area contributed by atoms with Crippen molar-refractivity contribution < 1.29 is 0 Å². The smallest absolute Gasteiger partial charge is 0.252 e. The van der Waals surface area contributed by atoms with E-state index >= 15 is 0 Å². The molecule has 4 heteroatoms. The highest BCUT2D eigenvalue weighted by atomic mass is 32.1. The molecule has 2 aliphatic heterocycles. The molecule has 0 N–H and O–H groups in total. The monoisotopic (exact) mass is 953 g/mol. The molecule has 2 nitrogen and oxygen atoms in total. The molecule has 0 bridgehead atoms. The molecule has 1 saturated carbocycles. The van der Waals surface area contributed by atoms with Gasteiger partial charge in [-0.25, -0.2) is 0 Å². The molecule has 364 valence electrons. The van der Waals surface area contributed by atoms with Crippen LogP contribution in [0.25, 0.3) is 20.2 Å². The van der Waals surface area contributed by atoms with Gasteiger partial charge in [0.05, 0.1) is 5.69 Å². The Morgan fingerprint density at radius 1 is 0.465 bits per heavy atom. The largest absolute Gasteiger partial charge is 0.311 e. The summed E-state index contributed by atoms with van der Waals surface area (Å²) in [6.07, 6.45) is 13.7. The number of thiophene rings is 1. The van der Waals surface area contributed by atoms with Gasteiger partial charge >= 0.3 is 0 Å². The molecule has 13 rings (SSSR count). The summed E-state index contributed by atoms with van der Waals surface area (Å²) >= 11 is 2.02. The van der Waals surface area contributed by atoms with Gasteiger partial charge in [0.2, 0.25) is 0 Å². The van der Waals surface area contributed by atoms with Crippen LogP contribution >= 0.6 is 11.3 Å². The number of anilines is 6. The van der Waals surface area contributed by atoms with E-state index in [-0.39, 0.29) is 39.2 Å². The van der Waals surface area contributed by atoms with Crippen molar-refractivity contribution in [3.8, 4) is 0 Å². The van der Waals surface area contributed by atoms with E-state index in [1.54, 1.807) is 16.7 Å². The SMILES string of the molecule is Cc1ccccc1N1c2cc(C3CCCCC3)cc3c2B(c2cc4c(cc2N3c2ccc3c(c2)C(C)(C)CCC3(C)C)C(C)(C)CCC4(C)C)c2ccc3sc4cc5c(cc4c3c21)C(C)(C)CCC5(C)C. The Morgan fingerprint density at radius 2 is 1.01 bits per heavy atom. The zero-order chi connectivity index (χ0) is 49.5. The number of benzene rings is 6. The van der Waals surface area contributed by atoms with Gasteiger partial charge in [-0.2, -0.15) is 0 Å². The molecule has 1 fully saturated rings. The van der Waals surface area contributed by atoms with Gasteiger partial charge in [0, 0.05) is 48.6 Å². The lowest BCUT2D eigenvalue weighted by atomic mass is 9.33. The van der Waals surface area contributed by atoms with Crippen LogP contribution in [0.2, 0.25) is 0 Å². The first-order chi connectivity index (χ1) is 33.6. The number of nitrogens with zero attached hydrogens (tertiary/aromatic N) is 2. The first-order valence-corrected chi connectivity index (χ1v) is 28.6. The lowest BCUT2D eigenvalue weighted by Gasteiger charge is -2.48. The van der Waals surface area contributed by atoms with Crippen LogP contribution in [-0.2, 0) is 32.5 Å². The van der Waals surface area contributed by atoms with E-state index in [9.17, 15) is 0 Å². The third-order valence-corrected chi connectivity index (χ3v) is 21.3. The summed E-state index contributed by atoms with van der Waals surface area (Å²) < 4.78 is 2.82. The Labute approximate surface area is 430 Å². The molecule has 3 heterocycles. The molecule has 0 saturated heterocycles. The fourth-order valence-electron chi connectivity index (χ4n) is 15.2. The predicted molar refractivity (Wildman–Crippen MR) is 310 cm³/mol. The minimum absolute atomic E-state index is 0.0633. The van der Waals surface area contributed by atoms with Gasteiger partial charge in [0.15, 0.2) is 0 Å². The zero-order valence-corrected chi connectivity index (χ0v) is 46.2. The lowest BCUT2D eigenvalue weighted by Crippen LogP contribution is -2.62. The van der Waals surface area contributed by atoms with Gasteiger partial charge in [-0.3, -0.25) is 0 Å². The molecule has 0 radical (unpaired) electrons. The summed E-state index contributed by atoms with van der Waals surface area (Å²) in [6, 6.07) is 38.3. The average Bonchev–Trinajstić information content (AvgIpc) is 3.71. The van der Waals surface area contributed by atoms with Gasteiger partial charge in [-0.15, -0.1) is 11.3 Å². The average molecular weight is 953 g/mol. The third kappa shape index (κ3) is 6.70. The quantitative estimate of drug-likeness (QED) is 0.163. The number of fused-ring (bicyclic) bond motifs is 11. The second-order valence-electron chi connectivity index (χ2n) is 27.6. The normalized spacial score (nSPS) is 21.8. The first-order valence-electron chi connectivity index (χ1n) is 27.8. The molecule has 0 atom stereocenters. The van der Waals surface area contributed by atoms with Crippen molar-refractivity contribution in [2.45, 2.75) is 199 Å². The molecule has 0 unspecified atom stereocenters. The Balaban J connectivity index is 1.19. The maximum atomic E-state index is 2.79.